The normalized spacial score (nSPS) is 17.3. The topological polar surface area (TPSA) is 63.0 Å². The highest BCUT2D eigenvalue weighted by molar-refractivity contribution is 5.14. The molecule has 2 atom stereocenters. The molecule has 1 saturated carbocycles. The van der Waals surface area contributed by atoms with Crippen LogP contribution in [0, 0.1) is 5.92 Å². The average molecular weight is 300 g/mol. The Morgan fingerprint density at radius 1 is 1.27 bits per heavy atom. The fourth-order valence-corrected chi connectivity index (χ4v) is 2.77. The van der Waals surface area contributed by atoms with Gasteiger partial charge in [-0.2, -0.15) is 5.10 Å². The van der Waals surface area contributed by atoms with E-state index in [0.29, 0.717) is 18.5 Å². The summed E-state index contributed by atoms with van der Waals surface area (Å²) in [4.78, 5) is 3.99. The lowest BCUT2D eigenvalue weighted by molar-refractivity contribution is 0.154. The Morgan fingerprint density at radius 2 is 2.09 bits per heavy atom. The number of aliphatic hydroxyl groups is 1. The maximum Gasteiger partial charge on any atom is 0.137 e. The van der Waals surface area contributed by atoms with E-state index in [1.807, 2.05) is 22.9 Å². The van der Waals surface area contributed by atoms with Crippen LogP contribution in [0.3, 0.4) is 0 Å². The molecule has 0 unspecified atom stereocenters. The molecule has 1 aliphatic carbocycles. The minimum atomic E-state index is -0.308. The largest absolute Gasteiger partial charge is 0.392 e. The SMILES string of the molecule is O[C@H](CCc1ccccc1)CN[C@@H](Cn1cncn1)C1CC1. The molecule has 5 heteroatoms. The number of benzene rings is 1. The van der Waals surface area contributed by atoms with Gasteiger partial charge in [-0.15, -0.1) is 0 Å². The highest BCUT2D eigenvalue weighted by atomic mass is 16.3. The van der Waals surface area contributed by atoms with Gasteiger partial charge in [0.2, 0.25) is 0 Å². The number of hydrogen-bond donors (Lipinski definition) is 2. The summed E-state index contributed by atoms with van der Waals surface area (Å²) in [6.07, 6.45) is 7.26. The fraction of sp³-hybridized carbons (Fsp3) is 0.529. The lowest BCUT2D eigenvalue weighted by atomic mass is 10.1. The van der Waals surface area contributed by atoms with Gasteiger partial charge in [0, 0.05) is 12.6 Å². The molecule has 0 amide bonds. The van der Waals surface area contributed by atoms with Crippen LogP contribution >= 0.6 is 0 Å². The minimum absolute atomic E-state index is 0.308. The molecule has 0 aliphatic heterocycles. The average Bonchev–Trinajstić information content (AvgIpc) is 3.27. The van der Waals surface area contributed by atoms with Crippen molar-refractivity contribution < 1.29 is 5.11 Å². The van der Waals surface area contributed by atoms with E-state index in [9.17, 15) is 5.11 Å². The molecule has 1 aliphatic rings. The predicted octanol–water partition coefficient (Wildman–Crippen LogP) is 1.64. The molecular formula is C17H24N4O. The van der Waals surface area contributed by atoms with E-state index in [2.05, 4.69) is 27.5 Å². The van der Waals surface area contributed by atoms with Crippen molar-refractivity contribution in [1.82, 2.24) is 20.1 Å². The molecule has 1 aromatic heterocycles. The zero-order valence-electron chi connectivity index (χ0n) is 12.8. The van der Waals surface area contributed by atoms with Crippen molar-refractivity contribution in [3.05, 3.63) is 48.5 Å². The first-order chi connectivity index (χ1) is 10.8. The van der Waals surface area contributed by atoms with Gasteiger partial charge in [-0.05, 0) is 37.2 Å². The lowest BCUT2D eigenvalue weighted by Gasteiger charge is -2.20. The molecule has 5 nitrogen and oxygen atoms in total. The van der Waals surface area contributed by atoms with E-state index in [4.69, 9.17) is 0 Å². The first kappa shape index (κ1) is 15.2. The summed E-state index contributed by atoms with van der Waals surface area (Å²) < 4.78 is 1.87. The Labute approximate surface area is 131 Å². The molecule has 0 bridgehead atoms. The number of nitrogens with one attached hydrogen (secondary N) is 1. The van der Waals surface area contributed by atoms with Crippen LogP contribution in [0.25, 0.3) is 0 Å². The molecule has 0 radical (unpaired) electrons. The van der Waals surface area contributed by atoms with Crippen molar-refractivity contribution in [1.29, 1.82) is 0 Å². The Morgan fingerprint density at radius 3 is 2.77 bits per heavy atom. The van der Waals surface area contributed by atoms with Gasteiger partial charge < -0.3 is 10.4 Å². The maximum absolute atomic E-state index is 10.2. The van der Waals surface area contributed by atoms with Gasteiger partial charge in [0.25, 0.3) is 0 Å². The Bertz CT molecular complexity index is 539. The molecule has 1 fully saturated rings. The summed E-state index contributed by atoms with van der Waals surface area (Å²) in [5, 5.41) is 17.9. The fourth-order valence-electron chi connectivity index (χ4n) is 2.77. The van der Waals surface area contributed by atoms with E-state index in [1.54, 1.807) is 12.7 Å². The van der Waals surface area contributed by atoms with Crippen LogP contribution < -0.4 is 5.32 Å². The number of hydrogen-bond acceptors (Lipinski definition) is 4. The molecule has 0 saturated heterocycles. The third kappa shape index (κ3) is 4.64. The second-order valence-corrected chi connectivity index (χ2v) is 6.15. The van der Waals surface area contributed by atoms with Crippen molar-refractivity contribution in [2.45, 2.75) is 44.4 Å². The van der Waals surface area contributed by atoms with Crippen LogP contribution in [0.4, 0.5) is 0 Å². The van der Waals surface area contributed by atoms with Crippen LogP contribution in [0.5, 0.6) is 0 Å². The highest BCUT2D eigenvalue weighted by Crippen LogP contribution is 2.33. The second kappa shape index (κ2) is 7.51. The number of aryl methyl sites for hydroxylation is 1. The lowest BCUT2D eigenvalue weighted by Crippen LogP contribution is -2.40. The van der Waals surface area contributed by atoms with Crippen molar-refractivity contribution >= 4 is 0 Å². The standard InChI is InChI=1S/C17H24N4O/c22-16(9-6-14-4-2-1-3-5-14)10-19-17(15-7-8-15)11-21-13-18-12-20-21/h1-5,12-13,15-17,19,22H,6-11H2/t16-,17+/m1/s1. The summed E-state index contributed by atoms with van der Waals surface area (Å²) in [7, 11) is 0. The Hall–Kier alpha value is -1.72. The summed E-state index contributed by atoms with van der Waals surface area (Å²) in [5.74, 6) is 0.713. The first-order valence-electron chi connectivity index (χ1n) is 8.09. The van der Waals surface area contributed by atoms with E-state index in [0.717, 1.165) is 19.4 Å². The highest BCUT2D eigenvalue weighted by Gasteiger charge is 2.31. The number of aliphatic hydroxyl groups excluding tert-OH is 1. The van der Waals surface area contributed by atoms with E-state index >= 15 is 0 Å². The molecule has 2 aromatic rings. The summed E-state index contributed by atoms with van der Waals surface area (Å²) in [6.45, 7) is 1.47. The van der Waals surface area contributed by atoms with E-state index in [-0.39, 0.29) is 6.10 Å². The molecule has 1 aromatic carbocycles. The second-order valence-electron chi connectivity index (χ2n) is 6.15. The summed E-state index contributed by atoms with van der Waals surface area (Å²) >= 11 is 0. The number of rotatable bonds is 9. The molecule has 0 spiro atoms. The Balaban J connectivity index is 1.41. The maximum atomic E-state index is 10.2. The molecule has 118 valence electrons. The third-order valence-electron chi connectivity index (χ3n) is 4.27. The van der Waals surface area contributed by atoms with Crippen molar-refractivity contribution in [3.8, 4) is 0 Å². The first-order valence-corrected chi connectivity index (χ1v) is 8.09. The smallest absolute Gasteiger partial charge is 0.137 e. The zero-order valence-corrected chi connectivity index (χ0v) is 12.8. The van der Waals surface area contributed by atoms with Crippen LogP contribution in [0.2, 0.25) is 0 Å². The number of nitrogens with zero attached hydrogens (tertiary/aromatic N) is 3. The molecule has 2 N–H and O–H groups in total. The monoisotopic (exact) mass is 300 g/mol. The van der Waals surface area contributed by atoms with Gasteiger partial charge >= 0.3 is 0 Å². The van der Waals surface area contributed by atoms with Gasteiger partial charge in [0.1, 0.15) is 12.7 Å². The van der Waals surface area contributed by atoms with Gasteiger partial charge in [-0.1, -0.05) is 30.3 Å². The van der Waals surface area contributed by atoms with Crippen LogP contribution in [-0.2, 0) is 13.0 Å². The predicted molar refractivity (Wildman–Crippen MR) is 85.3 cm³/mol. The molecule has 3 rings (SSSR count). The van der Waals surface area contributed by atoms with E-state index in [1.165, 1.54) is 18.4 Å². The van der Waals surface area contributed by atoms with Gasteiger partial charge in [-0.3, -0.25) is 4.68 Å². The Kier molecular flexibility index (Phi) is 5.19. The quantitative estimate of drug-likeness (QED) is 0.739. The molecular weight excluding hydrogens is 276 g/mol. The van der Waals surface area contributed by atoms with Crippen molar-refractivity contribution in [3.63, 3.8) is 0 Å². The van der Waals surface area contributed by atoms with Gasteiger partial charge in [-0.25, -0.2) is 4.98 Å². The summed E-state index contributed by atoms with van der Waals surface area (Å²) in [6, 6.07) is 10.7. The van der Waals surface area contributed by atoms with Crippen molar-refractivity contribution in [2.75, 3.05) is 6.54 Å². The van der Waals surface area contributed by atoms with Crippen molar-refractivity contribution in [2.24, 2.45) is 5.92 Å². The van der Waals surface area contributed by atoms with Gasteiger partial charge in [0.15, 0.2) is 0 Å². The van der Waals surface area contributed by atoms with Crippen LogP contribution in [0.1, 0.15) is 24.8 Å². The minimum Gasteiger partial charge on any atom is -0.392 e. The van der Waals surface area contributed by atoms with Gasteiger partial charge in [0.05, 0.1) is 12.6 Å². The zero-order chi connectivity index (χ0) is 15.2. The number of aromatic nitrogens is 3. The van der Waals surface area contributed by atoms with Crippen LogP contribution in [0.15, 0.2) is 43.0 Å². The molecule has 22 heavy (non-hydrogen) atoms. The van der Waals surface area contributed by atoms with Crippen LogP contribution in [-0.4, -0.2) is 38.6 Å². The van der Waals surface area contributed by atoms with E-state index < -0.39 is 0 Å². The summed E-state index contributed by atoms with van der Waals surface area (Å²) in [5.41, 5.74) is 1.28. The third-order valence-corrected chi connectivity index (χ3v) is 4.27. The molecule has 1 heterocycles.